The predicted octanol–water partition coefficient (Wildman–Crippen LogP) is 3.79. The minimum atomic E-state index is 0.0244. The number of benzene rings is 1. The topological polar surface area (TPSA) is 42.3 Å². The molecule has 1 amide bonds. The van der Waals surface area contributed by atoms with Gasteiger partial charge >= 0.3 is 4.87 Å². The van der Waals surface area contributed by atoms with Crippen molar-refractivity contribution in [3.63, 3.8) is 0 Å². The van der Waals surface area contributed by atoms with Crippen LogP contribution in [0.15, 0.2) is 40.5 Å². The molecule has 2 aromatic rings. The van der Waals surface area contributed by atoms with E-state index in [9.17, 15) is 9.59 Å². The van der Waals surface area contributed by atoms with E-state index in [0.29, 0.717) is 24.9 Å². The Labute approximate surface area is 153 Å². The van der Waals surface area contributed by atoms with Gasteiger partial charge in [-0.3, -0.25) is 9.59 Å². The van der Waals surface area contributed by atoms with E-state index in [1.165, 1.54) is 16.9 Å². The zero-order valence-electron chi connectivity index (χ0n) is 15.0. The molecular weight excluding hydrogens is 332 g/mol. The van der Waals surface area contributed by atoms with Crippen LogP contribution in [0.4, 0.5) is 0 Å². The van der Waals surface area contributed by atoms with Crippen molar-refractivity contribution in [1.82, 2.24) is 9.47 Å². The van der Waals surface area contributed by atoms with Gasteiger partial charge in [0.05, 0.1) is 0 Å². The number of rotatable bonds is 5. The number of thiazole rings is 1. The zero-order valence-corrected chi connectivity index (χ0v) is 15.8. The SMILES string of the molecule is Cc1csc(=O)n1CCC(=O)N(C)C1CCC(c2ccccc2)CC1. The van der Waals surface area contributed by atoms with Crippen molar-refractivity contribution in [2.24, 2.45) is 0 Å². The van der Waals surface area contributed by atoms with E-state index in [2.05, 4.69) is 30.3 Å². The molecule has 134 valence electrons. The van der Waals surface area contributed by atoms with Crippen LogP contribution in [0.5, 0.6) is 0 Å². The fourth-order valence-electron chi connectivity index (χ4n) is 3.78. The van der Waals surface area contributed by atoms with Gasteiger partial charge in [0, 0.05) is 37.1 Å². The first-order valence-corrected chi connectivity index (χ1v) is 9.89. The molecule has 0 spiro atoms. The van der Waals surface area contributed by atoms with Crippen molar-refractivity contribution in [2.75, 3.05) is 7.05 Å². The van der Waals surface area contributed by atoms with Crippen LogP contribution < -0.4 is 4.87 Å². The van der Waals surface area contributed by atoms with Gasteiger partial charge < -0.3 is 9.47 Å². The Kier molecular flexibility index (Phi) is 5.74. The molecule has 0 bridgehead atoms. The quantitative estimate of drug-likeness (QED) is 0.816. The molecule has 1 heterocycles. The molecule has 0 atom stereocenters. The summed E-state index contributed by atoms with van der Waals surface area (Å²) in [5.41, 5.74) is 2.36. The van der Waals surface area contributed by atoms with E-state index in [0.717, 1.165) is 31.4 Å². The summed E-state index contributed by atoms with van der Waals surface area (Å²) in [6, 6.07) is 11.0. The number of nitrogens with zero attached hydrogens (tertiary/aromatic N) is 2. The van der Waals surface area contributed by atoms with E-state index in [1.54, 1.807) is 4.57 Å². The molecule has 1 saturated carbocycles. The molecule has 1 aliphatic carbocycles. The maximum Gasteiger partial charge on any atom is 0.307 e. The molecule has 0 saturated heterocycles. The van der Waals surface area contributed by atoms with E-state index < -0.39 is 0 Å². The van der Waals surface area contributed by atoms with Crippen molar-refractivity contribution < 1.29 is 4.79 Å². The number of carbonyl (C=O) groups excluding carboxylic acids is 1. The molecule has 0 N–H and O–H groups in total. The lowest BCUT2D eigenvalue weighted by molar-refractivity contribution is -0.132. The highest BCUT2D eigenvalue weighted by Gasteiger charge is 2.27. The number of aryl methyl sites for hydroxylation is 1. The zero-order chi connectivity index (χ0) is 17.8. The molecule has 1 aromatic carbocycles. The summed E-state index contributed by atoms with van der Waals surface area (Å²) >= 11 is 1.20. The molecule has 1 fully saturated rings. The Bertz CT molecular complexity index is 758. The molecule has 4 nitrogen and oxygen atoms in total. The summed E-state index contributed by atoms with van der Waals surface area (Å²) in [6.45, 7) is 2.40. The summed E-state index contributed by atoms with van der Waals surface area (Å²) in [4.78, 5) is 26.2. The van der Waals surface area contributed by atoms with Crippen LogP contribution in [0.25, 0.3) is 0 Å². The first kappa shape index (κ1) is 17.9. The Hall–Kier alpha value is -1.88. The average Bonchev–Trinajstić information content (AvgIpc) is 2.98. The van der Waals surface area contributed by atoms with Crippen molar-refractivity contribution in [3.8, 4) is 0 Å². The molecule has 1 aromatic heterocycles. The van der Waals surface area contributed by atoms with Crippen LogP contribution in [0.2, 0.25) is 0 Å². The first-order valence-electron chi connectivity index (χ1n) is 9.02. The Morgan fingerprint density at radius 2 is 1.88 bits per heavy atom. The number of carbonyl (C=O) groups is 1. The average molecular weight is 359 g/mol. The van der Waals surface area contributed by atoms with Crippen molar-refractivity contribution in [2.45, 2.75) is 57.5 Å². The van der Waals surface area contributed by atoms with Gasteiger partial charge in [-0.05, 0) is 44.1 Å². The van der Waals surface area contributed by atoms with Gasteiger partial charge in [0.1, 0.15) is 0 Å². The second-order valence-corrected chi connectivity index (χ2v) is 7.79. The minimum absolute atomic E-state index is 0.0244. The molecule has 3 rings (SSSR count). The van der Waals surface area contributed by atoms with Gasteiger partial charge in [-0.15, -0.1) is 0 Å². The molecule has 0 unspecified atom stereocenters. The van der Waals surface area contributed by atoms with Crippen LogP contribution in [0.1, 0.15) is 49.3 Å². The number of amides is 1. The first-order chi connectivity index (χ1) is 12.1. The lowest BCUT2D eigenvalue weighted by Gasteiger charge is -2.35. The van der Waals surface area contributed by atoms with Crippen LogP contribution >= 0.6 is 11.3 Å². The predicted molar refractivity (Wildman–Crippen MR) is 102 cm³/mol. The van der Waals surface area contributed by atoms with Crippen LogP contribution in [-0.4, -0.2) is 28.5 Å². The normalized spacial score (nSPS) is 20.4. The largest absolute Gasteiger partial charge is 0.343 e. The standard InChI is InChI=1S/C20H26N2O2S/c1-15-14-25-20(24)22(15)13-12-19(23)21(2)18-10-8-17(9-11-18)16-6-4-3-5-7-16/h3-7,14,17-18H,8-13H2,1-2H3. The van der Waals surface area contributed by atoms with Crippen molar-refractivity contribution >= 4 is 17.2 Å². The van der Waals surface area contributed by atoms with Crippen LogP contribution in [0, 0.1) is 6.92 Å². The fraction of sp³-hybridized carbons (Fsp3) is 0.500. The third-order valence-corrected chi connectivity index (χ3v) is 6.32. The fourth-order valence-corrected chi connectivity index (χ4v) is 4.54. The van der Waals surface area contributed by atoms with Gasteiger partial charge in [-0.2, -0.15) is 0 Å². The van der Waals surface area contributed by atoms with E-state index in [-0.39, 0.29) is 10.8 Å². The third-order valence-electron chi connectivity index (χ3n) is 5.43. The monoisotopic (exact) mass is 358 g/mol. The van der Waals surface area contributed by atoms with Gasteiger partial charge in [0.15, 0.2) is 0 Å². The Balaban J connectivity index is 1.51. The lowest BCUT2D eigenvalue weighted by Crippen LogP contribution is -2.39. The smallest absolute Gasteiger partial charge is 0.307 e. The van der Waals surface area contributed by atoms with Gasteiger partial charge in [-0.25, -0.2) is 0 Å². The Morgan fingerprint density at radius 1 is 1.20 bits per heavy atom. The molecule has 25 heavy (non-hydrogen) atoms. The molecule has 1 aliphatic rings. The Morgan fingerprint density at radius 3 is 2.48 bits per heavy atom. The maximum atomic E-state index is 12.5. The maximum absolute atomic E-state index is 12.5. The van der Waals surface area contributed by atoms with Crippen molar-refractivity contribution in [1.29, 1.82) is 0 Å². The molecule has 5 heteroatoms. The molecule has 0 radical (unpaired) electrons. The second-order valence-electron chi connectivity index (χ2n) is 6.97. The van der Waals surface area contributed by atoms with E-state index in [4.69, 9.17) is 0 Å². The highest BCUT2D eigenvalue weighted by Crippen LogP contribution is 2.34. The van der Waals surface area contributed by atoms with Crippen LogP contribution in [-0.2, 0) is 11.3 Å². The summed E-state index contributed by atoms with van der Waals surface area (Å²) in [5, 5.41) is 1.85. The van der Waals surface area contributed by atoms with E-state index >= 15 is 0 Å². The summed E-state index contributed by atoms with van der Waals surface area (Å²) in [6.07, 6.45) is 4.77. The minimum Gasteiger partial charge on any atom is -0.343 e. The van der Waals surface area contributed by atoms with Gasteiger partial charge in [-0.1, -0.05) is 41.7 Å². The lowest BCUT2D eigenvalue weighted by atomic mass is 9.81. The van der Waals surface area contributed by atoms with Gasteiger partial charge in [0.25, 0.3) is 0 Å². The highest BCUT2D eigenvalue weighted by atomic mass is 32.1. The van der Waals surface area contributed by atoms with Crippen LogP contribution in [0.3, 0.4) is 0 Å². The van der Waals surface area contributed by atoms with Gasteiger partial charge in [0.2, 0.25) is 5.91 Å². The number of hydrogen-bond donors (Lipinski definition) is 0. The summed E-state index contributed by atoms with van der Waals surface area (Å²) < 4.78 is 1.70. The number of aromatic nitrogens is 1. The second kappa shape index (κ2) is 8.00. The highest BCUT2D eigenvalue weighted by molar-refractivity contribution is 7.07. The van der Waals surface area contributed by atoms with Crippen molar-refractivity contribution in [3.05, 3.63) is 56.6 Å². The summed E-state index contributed by atoms with van der Waals surface area (Å²) in [7, 11) is 1.92. The third kappa shape index (κ3) is 4.21. The number of hydrogen-bond acceptors (Lipinski definition) is 3. The molecule has 0 aliphatic heterocycles. The van der Waals surface area contributed by atoms with E-state index in [1.807, 2.05) is 24.3 Å². The summed E-state index contributed by atoms with van der Waals surface area (Å²) in [5.74, 6) is 0.758. The molecular formula is C20H26N2O2S.